The molecule has 12 heteroatoms. The van der Waals surface area contributed by atoms with E-state index in [0.29, 0.717) is 17.9 Å². The van der Waals surface area contributed by atoms with Gasteiger partial charge in [-0.3, -0.25) is 14.4 Å². The molecule has 4 unspecified atom stereocenters. The highest BCUT2D eigenvalue weighted by Crippen LogP contribution is 2.09. The number of imidazole rings is 1. The van der Waals surface area contributed by atoms with Crippen LogP contribution in [0, 0.1) is 5.92 Å². The minimum absolute atomic E-state index is 0.0469. The lowest BCUT2D eigenvalue weighted by Gasteiger charge is -2.25. The van der Waals surface area contributed by atoms with Gasteiger partial charge in [0.25, 0.3) is 0 Å². The van der Waals surface area contributed by atoms with Crippen LogP contribution in [0.1, 0.15) is 37.9 Å². The molecule has 2 rings (SSSR count). The molecule has 0 aliphatic rings. The van der Waals surface area contributed by atoms with Gasteiger partial charge in [0.1, 0.15) is 18.1 Å². The molecular weight excluding hydrogens is 508 g/mol. The highest BCUT2D eigenvalue weighted by atomic mass is 32.2. The number of aromatic nitrogens is 2. The molecule has 0 aliphatic heterocycles. The SMILES string of the molecule is CSCCC(NC(=O)C(Cc1cnc[nH]1)NC(=O)C(Cc1ccccc1)NC(=O)C(N)CC(C)C)C(=O)O. The minimum atomic E-state index is -1.16. The molecule has 11 nitrogen and oxygen atoms in total. The van der Waals surface area contributed by atoms with E-state index in [1.807, 2.05) is 50.4 Å². The first-order valence-corrected chi connectivity index (χ1v) is 13.9. The lowest BCUT2D eigenvalue weighted by molar-refractivity contribution is -0.142. The van der Waals surface area contributed by atoms with Gasteiger partial charge in [-0.25, -0.2) is 9.78 Å². The smallest absolute Gasteiger partial charge is 0.326 e. The number of aliphatic carboxylic acids is 1. The number of nitrogens with one attached hydrogen (secondary N) is 4. The normalized spacial score (nSPS) is 14.2. The summed E-state index contributed by atoms with van der Waals surface area (Å²) in [7, 11) is 0. The van der Waals surface area contributed by atoms with Crippen molar-refractivity contribution in [3.63, 3.8) is 0 Å². The van der Waals surface area contributed by atoms with Crippen LogP contribution in [0.3, 0.4) is 0 Å². The van der Waals surface area contributed by atoms with Crippen LogP contribution in [0.15, 0.2) is 42.9 Å². The summed E-state index contributed by atoms with van der Waals surface area (Å²) >= 11 is 1.47. The molecule has 1 aromatic heterocycles. The Kier molecular flexibility index (Phi) is 12.8. The number of carbonyl (C=O) groups excluding carboxylic acids is 3. The molecule has 0 radical (unpaired) electrons. The van der Waals surface area contributed by atoms with Gasteiger partial charge in [0.2, 0.25) is 17.7 Å². The van der Waals surface area contributed by atoms with Crippen LogP contribution in [-0.4, -0.2) is 74.9 Å². The quantitative estimate of drug-likeness (QED) is 0.179. The van der Waals surface area contributed by atoms with E-state index < -0.39 is 47.9 Å². The van der Waals surface area contributed by atoms with Gasteiger partial charge in [0.15, 0.2) is 0 Å². The summed E-state index contributed by atoms with van der Waals surface area (Å²) in [6.07, 6.45) is 5.71. The number of hydrogen-bond donors (Lipinski definition) is 6. The average Bonchev–Trinajstić information content (AvgIpc) is 3.38. The Balaban J connectivity index is 2.25. The third-order valence-electron chi connectivity index (χ3n) is 5.81. The number of rotatable bonds is 16. The number of carboxylic acids is 1. The number of thioether (sulfide) groups is 1. The van der Waals surface area contributed by atoms with Gasteiger partial charge >= 0.3 is 5.97 Å². The van der Waals surface area contributed by atoms with E-state index in [1.54, 1.807) is 0 Å². The first-order valence-electron chi connectivity index (χ1n) is 12.5. The van der Waals surface area contributed by atoms with Crippen molar-refractivity contribution in [2.24, 2.45) is 11.7 Å². The van der Waals surface area contributed by atoms with Gasteiger partial charge < -0.3 is 31.8 Å². The Bertz CT molecular complexity index is 1030. The van der Waals surface area contributed by atoms with Crippen molar-refractivity contribution in [1.82, 2.24) is 25.9 Å². The Morgan fingerprint density at radius 1 is 0.974 bits per heavy atom. The summed E-state index contributed by atoms with van der Waals surface area (Å²) in [6, 6.07) is 5.14. The zero-order valence-corrected chi connectivity index (χ0v) is 22.8. The van der Waals surface area contributed by atoms with Crippen LogP contribution in [0.5, 0.6) is 0 Å². The number of aromatic amines is 1. The summed E-state index contributed by atoms with van der Waals surface area (Å²) in [5, 5.41) is 17.5. The van der Waals surface area contributed by atoms with Crippen molar-refractivity contribution < 1.29 is 24.3 Å². The summed E-state index contributed by atoms with van der Waals surface area (Å²) < 4.78 is 0. The lowest BCUT2D eigenvalue weighted by Crippen LogP contribution is -2.58. The van der Waals surface area contributed by atoms with Gasteiger partial charge in [-0.15, -0.1) is 0 Å². The van der Waals surface area contributed by atoms with Crippen molar-refractivity contribution >= 4 is 35.5 Å². The molecule has 0 saturated heterocycles. The van der Waals surface area contributed by atoms with Gasteiger partial charge in [0.05, 0.1) is 12.4 Å². The van der Waals surface area contributed by atoms with E-state index in [0.717, 1.165) is 5.56 Å². The van der Waals surface area contributed by atoms with Crippen molar-refractivity contribution in [3.05, 3.63) is 54.1 Å². The zero-order valence-electron chi connectivity index (χ0n) is 22.0. The standard InChI is InChI=1S/C26H38N6O5S/c1-16(2)11-19(27)23(33)31-21(12-17-7-5-4-6-8-17)24(34)32-22(13-18-14-28-15-29-18)25(35)30-20(26(36)37)9-10-38-3/h4-8,14-16,19-22H,9-13,27H2,1-3H3,(H,28,29)(H,30,35)(H,31,33)(H,32,34)(H,36,37). The molecule has 4 atom stereocenters. The number of hydrogen-bond acceptors (Lipinski definition) is 7. The van der Waals surface area contributed by atoms with Crippen molar-refractivity contribution in [3.8, 4) is 0 Å². The number of carbonyl (C=O) groups is 4. The van der Waals surface area contributed by atoms with Crippen LogP contribution in [-0.2, 0) is 32.0 Å². The van der Waals surface area contributed by atoms with E-state index in [9.17, 15) is 24.3 Å². The second-order valence-electron chi connectivity index (χ2n) is 9.51. The minimum Gasteiger partial charge on any atom is -0.480 e. The molecule has 7 N–H and O–H groups in total. The molecule has 0 spiro atoms. The molecule has 1 heterocycles. The zero-order chi connectivity index (χ0) is 28.1. The van der Waals surface area contributed by atoms with Crippen LogP contribution in [0.25, 0.3) is 0 Å². The molecular formula is C26H38N6O5S. The molecule has 208 valence electrons. The molecule has 0 fully saturated rings. The second kappa shape index (κ2) is 15.8. The molecule has 2 aromatic rings. The van der Waals surface area contributed by atoms with Gasteiger partial charge in [-0.2, -0.15) is 11.8 Å². The van der Waals surface area contributed by atoms with Gasteiger partial charge in [-0.1, -0.05) is 44.2 Å². The highest BCUT2D eigenvalue weighted by Gasteiger charge is 2.31. The Labute approximate surface area is 227 Å². The number of H-pyrrole nitrogens is 1. The Morgan fingerprint density at radius 2 is 1.58 bits per heavy atom. The first kappa shape index (κ1) is 30.8. The maximum atomic E-state index is 13.5. The maximum absolute atomic E-state index is 13.5. The highest BCUT2D eigenvalue weighted by molar-refractivity contribution is 7.98. The molecule has 0 saturated carbocycles. The van der Waals surface area contributed by atoms with Crippen LogP contribution < -0.4 is 21.7 Å². The molecule has 38 heavy (non-hydrogen) atoms. The number of carboxylic acid groups (broad SMARTS) is 1. The predicted molar refractivity (Wildman–Crippen MR) is 146 cm³/mol. The van der Waals surface area contributed by atoms with Crippen molar-refractivity contribution in [1.29, 1.82) is 0 Å². The van der Waals surface area contributed by atoms with E-state index >= 15 is 0 Å². The number of benzene rings is 1. The fraction of sp³-hybridized carbons (Fsp3) is 0.500. The van der Waals surface area contributed by atoms with Crippen LogP contribution in [0.2, 0.25) is 0 Å². The fourth-order valence-electron chi connectivity index (χ4n) is 3.82. The predicted octanol–water partition coefficient (Wildman–Crippen LogP) is 0.860. The lowest BCUT2D eigenvalue weighted by atomic mass is 10.0. The maximum Gasteiger partial charge on any atom is 0.326 e. The van der Waals surface area contributed by atoms with Gasteiger partial charge in [0, 0.05) is 24.7 Å². The third kappa shape index (κ3) is 10.5. The number of nitrogens with two attached hydrogens (primary N) is 1. The van der Waals surface area contributed by atoms with E-state index in [1.165, 1.54) is 24.3 Å². The molecule has 0 aliphatic carbocycles. The Hall–Kier alpha value is -3.38. The molecule has 3 amide bonds. The van der Waals surface area contributed by atoms with Crippen molar-refractivity contribution in [2.45, 2.75) is 63.7 Å². The summed E-state index contributed by atoms with van der Waals surface area (Å²) in [6.45, 7) is 3.90. The monoisotopic (exact) mass is 546 g/mol. The molecule has 1 aromatic carbocycles. The third-order valence-corrected chi connectivity index (χ3v) is 6.46. The number of amides is 3. The largest absolute Gasteiger partial charge is 0.480 e. The fourth-order valence-corrected chi connectivity index (χ4v) is 4.29. The van der Waals surface area contributed by atoms with E-state index in [-0.39, 0.29) is 25.2 Å². The van der Waals surface area contributed by atoms with Crippen molar-refractivity contribution in [2.75, 3.05) is 12.0 Å². The van der Waals surface area contributed by atoms with Crippen LogP contribution in [0.4, 0.5) is 0 Å². The van der Waals surface area contributed by atoms with Crippen LogP contribution >= 0.6 is 11.8 Å². The van der Waals surface area contributed by atoms with E-state index in [2.05, 4.69) is 25.9 Å². The second-order valence-corrected chi connectivity index (χ2v) is 10.5. The summed E-state index contributed by atoms with van der Waals surface area (Å²) in [4.78, 5) is 58.0. The Morgan fingerprint density at radius 3 is 2.13 bits per heavy atom. The summed E-state index contributed by atoms with van der Waals surface area (Å²) in [5.74, 6) is -2.14. The molecule has 0 bridgehead atoms. The average molecular weight is 547 g/mol. The van der Waals surface area contributed by atoms with Gasteiger partial charge in [-0.05, 0) is 36.3 Å². The first-order chi connectivity index (χ1) is 18.1. The van der Waals surface area contributed by atoms with E-state index in [4.69, 9.17) is 5.73 Å². The number of nitrogens with zero attached hydrogens (tertiary/aromatic N) is 1. The topological polar surface area (TPSA) is 179 Å². The summed E-state index contributed by atoms with van der Waals surface area (Å²) in [5.41, 5.74) is 7.43.